The normalized spacial score (nSPS) is 24.7. The molecule has 0 bridgehead atoms. The number of methoxy groups -OCH3 is 1. The number of benzene rings is 1. The third kappa shape index (κ3) is 1.73. The first-order valence-corrected chi connectivity index (χ1v) is 5.39. The van der Waals surface area contributed by atoms with Gasteiger partial charge in [-0.2, -0.15) is 0 Å². The molecule has 16 heavy (non-hydrogen) atoms. The number of phenolic OH excluding ortho intramolecular Hbond substituents is 1. The summed E-state index contributed by atoms with van der Waals surface area (Å²) in [6.07, 6.45) is 1.87. The molecule has 1 saturated heterocycles. The minimum atomic E-state index is -0.558. The largest absolute Gasteiger partial charge is 0.505 e. The molecule has 1 unspecified atom stereocenters. The average Bonchev–Trinajstić information content (AvgIpc) is 2.70. The van der Waals surface area contributed by atoms with Crippen molar-refractivity contribution in [2.45, 2.75) is 25.3 Å². The van der Waals surface area contributed by atoms with Gasteiger partial charge in [-0.15, -0.1) is 0 Å². The van der Waals surface area contributed by atoms with Crippen molar-refractivity contribution in [3.8, 4) is 11.5 Å². The van der Waals surface area contributed by atoms with Crippen LogP contribution in [-0.2, 0) is 5.54 Å². The van der Waals surface area contributed by atoms with Gasteiger partial charge in [0.15, 0.2) is 11.6 Å². The summed E-state index contributed by atoms with van der Waals surface area (Å²) in [5, 5.41) is 12.8. The van der Waals surface area contributed by atoms with Crippen LogP contribution in [-0.4, -0.2) is 18.8 Å². The van der Waals surface area contributed by atoms with Gasteiger partial charge in [0.1, 0.15) is 5.75 Å². The molecule has 0 radical (unpaired) electrons. The molecular weight excluding hydrogens is 209 g/mol. The fourth-order valence-electron chi connectivity index (χ4n) is 2.23. The van der Waals surface area contributed by atoms with Gasteiger partial charge in [0.2, 0.25) is 0 Å². The van der Waals surface area contributed by atoms with Gasteiger partial charge in [-0.1, -0.05) is 0 Å². The van der Waals surface area contributed by atoms with Crippen LogP contribution in [0.5, 0.6) is 11.5 Å². The van der Waals surface area contributed by atoms with Gasteiger partial charge in [0.25, 0.3) is 0 Å². The summed E-state index contributed by atoms with van der Waals surface area (Å²) in [5.74, 6) is -0.439. The van der Waals surface area contributed by atoms with Gasteiger partial charge in [0.05, 0.1) is 7.11 Å². The van der Waals surface area contributed by atoms with E-state index in [4.69, 9.17) is 4.74 Å². The van der Waals surface area contributed by atoms with E-state index in [0.29, 0.717) is 11.3 Å². The zero-order chi connectivity index (χ0) is 11.8. The number of nitrogens with one attached hydrogen (secondary N) is 1. The Balaban J connectivity index is 2.50. The molecule has 2 N–H and O–H groups in total. The fourth-order valence-corrected chi connectivity index (χ4v) is 2.23. The van der Waals surface area contributed by atoms with Crippen LogP contribution in [0.2, 0.25) is 0 Å². The molecule has 1 aromatic carbocycles. The molecule has 0 aliphatic carbocycles. The van der Waals surface area contributed by atoms with Crippen LogP contribution < -0.4 is 10.1 Å². The summed E-state index contributed by atoms with van der Waals surface area (Å²) in [4.78, 5) is 0. The highest BCUT2D eigenvalue weighted by Crippen LogP contribution is 2.37. The van der Waals surface area contributed by atoms with E-state index in [9.17, 15) is 9.50 Å². The Bertz CT molecular complexity index is 400. The monoisotopic (exact) mass is 225 g/mol. The predicted molar refractivity (Wildman–Crippen MR) is 59.2 cm³/mol. The summed E-state index contributed by atoms with van der Waals surface area (Å²) in [6, 6.07) is 2.94. The van der Waals surface area contributed by atoms with E-state index < -0.39 is 11.4 Å². The lowest BCUT2D eigenvalue weighted by Crippen LogP contribution is -2.34. The minimum Gasteiger partial charge on any atom is -0.505 e. The molecule has 0 amide bonds. The molecule has 0 aromatic heterocycles. The van der Waals surface area contributed by atoms with Crippen LogP contribution in [0.25, 0.3) is 0 Å². The molecule has 1 aromatic rings. The summed E-state index contributed by atoms with van der Waals surface area (Å²) in [7, 11) is 1.50. The molecule has 1 atom stereocenters. The first-order valence-electron chi connectivity index (χ1n) is 5.39. The maximum absolute atomic E-state index is 13.9. The van der Waals surface area contributed by atoms with Gasteiger partial charge in [-0.05, 0) is 32.4 Å². The van der Waals surface area contributed by atoms with Crippen LogP contribution in [0.15, 0.2) is 12.1 Å². The van der Waals surface area contributed by atoms with Crippen molar-refractivity contribution in [2.75, 3.05) is 13.7 Å². The second-order valence-corrected chi connectivity index (χ2v) is 4.37. The van der Waals surface area contributed by atoms with Crippen LogP contribution in [0, 0.1) is 5.82 Å². The summed E-state index contributed by atoms with van der Waals surface area (Å²) < 4.78 is 18.9. The molecule has 1 aliphatic heterocycles. The van der Waals surface area contributed by atoms with Crippen molar-refractivity contribution >= 4 is 0 Å². The first-order chi connectivity index (χ1) is 7.57. The fraction of sp³-hybridized carbons (Fsp3) is 0.500. The molecule has 0 saturated carbocycles. The first kappa shape index (κ1) is 11.2. The zero-order valence-corrected chi connectivity index (χ0v) is 9.51. The Morgan fingerprint density at radius 3 is 2.81 bits per heavy atom. The lowest BCUT2D eigenvalue weighted by atomic mass is 9.89. The van der Waals surface area contributed by atoms with E-state index in [-0.39, 0.29) is 5.75 Å². The van der Waals surface area contributed by atoms with Crippen LogP contribution in [0.3, 0.4) is 0 Å². The Labute approximate surface area is 94.2 Å². The summed E-state index contributed by atoms with van der Waals surface area (Å²) in [5.41, 5.74) is 0.0673. The van der Waals surface area contributed by atoms with Gasteiger partial charge < -0.3 is 15.2 Å². The van der Waals surface area contributed by atoms with Crippen LogP contribution in [0.4, 0.5) is 4.39 Å². The van der Waals surface area contributed by atoms with Gasteiger partial charge in [0, 0.05) is 17.2 Å². The predicted octanol–water partition coefficient (Wildman–Crippen LogP) is 2.14. The van der Waals surface area contributed by atoms with Gasteiger partial charge >= 0.3 is 0 Å². The van der Waals surface area contributed by atoms with E-state index in [0.717, 1.165) is 19.4 Å². The minimum absolute atomic E-state index is 0.357. The number of hydrogen-bond acceptors (Lipinski definition) is 3. The van der Waals surface area contributed by atoms with Crippen molar-refractivity contribution in [1.82, 2.24) is 5.32 Å². The van der Waals surface area contributed by atoms with Crippen LogP contribution in [0.1, 0.15) is 25.3 Å². The van der Waals surface area contributed by atoms with Crippen molar-refractivity contribution in [3.05, 3.63) is 23.5 Å². The standard InChI is InChI=1S/C12H16FNO2/c1-12(4-3-5-14-12)9-6-8(16-2)7-10(15)11(9)13/h6-7,14-15H,3-5H2,1-2H3. The SMILES string of the molecule is COc1cc(O)c(F)c(C2(C)CCCN2)c1. The molecule has 3 nitrogen and oxygen atoms in total. The van der Waals surface area contributed by atoms with Gasteiger partial charge in [-0.25, -0.2) is 4.39 Å². The molecular formula is C12H16FNO2. The van der Waals surface area contributed by atoms with E-state index >= 15 is 0 Å². The highest BCUT2D eigenvalue weighted by molar-refractivity contribution is 5.42. The number of phenols is 1. The average molecular weight is 225 g/mol. The molecule has 0 spiro atoms. The van der Waals surface area contributed by atoms with E-state index in [1.165, 1.54) is 13.2 Å². The third-order valence-corrected chi connectivity index (χ3v) is 3.23. The summed E-state index contributed by atoms with van der Waals surface area (Å²) >= 11 is 0. The Morgan fingerprint density at radius 1 is 1.50 bits per heavy atom. The molecule has 2 rings (SSSR count). The molecule has 1 heterocycles. The lowest BCUT2D eigenvalue weighted by Gasteiger charge is -2.26. The lowest BCUT2D eigenvalue weighted by molar-refractivity contribution is 0.367. The van der Waals surface area contributed by atoms with E-state index in [2.05, 4.69) is 5.32 Å². The Kier molecular flexibility index (Phi) is 2.76. The highest BCUT2D eigenvalue weighted by atomic mass is 19.1. The number of halogens is 1. The Morgan fingerprint density at radius 2 is 2.25 bits per heavy atom. The maximum Gasteiger partial charge on any atom is 0.170 e. The topological polar surface area (TPSA) is 41.5 Å². The third-order valence-electron chi connectivity index (χ3n) is 3.23. The number of hydrogen-bond donors (Lipinski definition) is 2. The quantitative estimate of drug-likeness (QED) is 0.810. The zero-order valence-electron chi connectivity index (χ0n) is 9.51. The maximum atomic E-state index is 13.9. The van der Waals surface area contributed by atoms with E-state index in [1.54, 1.807) is 6.07 Å². The van der Waals surface area contributed by atoms with Crippen molar-refractivity contribution in [2.24, 2.45) is 0 Å². The van der Waals surface area contributed by atoms with Crippen molar-refractivity contribution < 1.29 is 14.2 Å². The Hall–Kier alpha value is -1.29. The number of ether oxygens (including phenoxy) is 1. The smallest absolute Gasteiger partial charge is 0.170 e. The molecule has 1 aliphatic rings. The number of aromatic hydroxyl groups is 1. The second kappa shape index (κ2) is 3.94. The van der Waals surface area contributed by atoms with Crippen molar-refractivity contribution in [3.63, 3.8) is 0 Å². The number of rotatable bonds is 2. The second-order valence-electron chi connectivity index (χ2n) is 4.37. The molecule has 4 heteroatoms. The van der Waals surface area contributed by atoms with Crippen molar-refractivity contribution in [1.29, 1.82) is 0 Å². The van der Waals surface area contributed by atoms with Gasteiger partial charge in [-0.3, -0.25) is 0 Å². The summed E-state index contributed by atoms with van der Waals surface area (Å²) in [6.45, 7) is 2.81. The molecule has 88 valence electrons. The molecule has 1 fully saturated rings. The van der Waals surface area contributed by atoms with E-state index in [1.807, 2.05) is 6.92 Å². The van der Waals surface area contributed by atoms with Crippen LogP contribution >= 0.6 is 0 Å². The highest BCUT2D eigenvalue weighted by Gasteiger charge is 2.34.